The number of methoxy groups -OCH3 is 1. The van der Waals surface area contributed by atoms with Crippen LogP contribution in [0.2, 0.25) is 0 Å². The highest BCUT2D eigenvalue weighted by Crippen LogP contribution is 2.41. The lowest BCUT2D eigenvalue weighted by Crippen LogP contribution is -2.50. The highest BCUT2D eigenvalue weighted by molar-refractivity contribution is 5.99. The van der Waals surface area contributed by atoms with Crippen molar-refractivity contribution >= 4 is 11.9 Å². The van der Waals surface area contributed by atoms with Crippen molar-refractivity contribution in [3.05, 3.63) is 35.4 Å². The molecule has 3 heterocycles. The molecule has 4 unspecified atom stereocenters. The number of aliphatic hydroxyl groups excluding tert-OH is 1. The Hall–Kier alpha value is -1.92. The molecule has 2 fully saturated rings. The Labute approximate surface area is 147 Å². The molecule has 1 aromatic rings. The zero-order valence-electron chi connectivity index (χ0n) is 14.4. The summed E-state index contributed by atoms with van der Waals surface area (Å²) in [5, 5.41) is 14.4. The molecule has 1 aromatic carbocycles. The van der Waals surface area contributed by atoms with E-state index in [0.717, 1.165) is 25.7 Å². The molecule has 4 atom stereocenters. The number of carbonyl (C=O) groups excluding carboxylic acids is 2. The first-order valence-electron chi connectivity index (χ1n) is 9.01. The Bertz CT molecular complexity index is 680. The van der Waals surface area contributed by atoms with Crippen LogP contribution in [0.25, 0.3) is 0 Å². The number of ether oxygens (including phenoxy) is 1. The largest absolute Gasteiger partial charge is 0.469 e. The van der Waals surface area contributed by atoms with Crippen LogP contribution in [0.15, 0.2) is 24.3 Å². The molecule has 2 N–H and O–H groups in total. The SMILES string of the molecule is COC(=O)CC(C1CC2CCC(C1)N2)N1C(=O)c2ccccc2C1O. The van der Waals surface area contributed by atoms with Crippen molar-refractivity contribution in [2.75, 3.05) is 7.11 Å². The number of esters is 1. The van der Waals surface area contributed by atoms with Gasteiger partial charge in [-0.1, -0.05) is 18.2 Å². The fourth-order valence-corrected chi connectivity index (χ4v) is 4.81. The van der Waals surface area contributed by atoms with Crippen molar-refractivity contribution in [3.8, 4) is 0 Å². The zero-order valence-corrected chi connectivity index (χ0v) is 14.4. The van der Waals surface area contributed by atoms with Gasteiger partial charge in [0.25, 0.3) is 5.91 Å². The van der Waals surface area contributed by atoms with Gasteiger partial charge in [0, 0.05) is 29.3 Å². The van der Waals surface area contributed by atoms with Crippen molar-refractivity contribution in [2.45, 2.75) is 56.5 Å². The topological polar surface area (TPSA) is 78.9 Å². The first-order valence-corrected chi connectivity index (χ1v) is 9.01. The third kappa shape index (κ3) is 2.83. The summed E-state index contributed by atoms with van der Waals surface area (Å²) in [5.74, 6) is -0.347. The third-order valence-electron chi connectivity index (χ3n) is 5.98. The molecule has 0 aromatic heterocycles. The normalized spacial score (nSPS) is 31.8. The summed E-state index contributed by atoms with van der Waals surface area (Å²) in [6.45, 7) is 0. The first-order chi connectivity index (χ1) is 12.1. The molecule has 25 heavy (non-hydrogen) atoms. The van der Waals surface area contributed by atoms with Gasteiger partial charge in [-0.25, -0.2) is 0 Å². The van der Waals surface area contributed by atoms with Gasteiger partial charge in [0.2, 0.25) is 0 Å². The van der Waals surface area contributed by atoms with E-state index in [-0.39, 0.29) is 30.3 Å². The van der Waals surface area contributed by atoms with E-state index in [1.165, 1.54) is 12.0 Å². The second kappa shape index (κ2) is 6.42. The molecule has 2 bridgehead atoms. The van der Waals surface area contributed by atoms with E-state index in [1.807, 2.05) is 6.07 Å². The van der Waals surface area contributed by atoms with E-state index in [1.54, 1.807) is 18.2 Å². The predicted octanol–water partition coefficient (Wildman–Crippen LogP) is 1.60. The number of hydrogen-bond donors (Lipinski definition) is 2. The summed E-state index contributed by atoms with van der Waals surface area (Å²) in [5.41, 5.74) is 1.15. The van der Waals surface area contributed by atoms with Crippen LogP contribution >= 0.6 is 0 Å². The summed E-state index contributed by atoms with van der Waals surface area (Å²) in [7, 11) is 1.36. The van der Waals surface area contributed by atoms with Gasteiger partial charge in [-0.2, -0.15) is 0 Å². The average Bonchev–Trinajstić information content (AvgIpc) is 3.09. The second-order valence-corrected chi connectivity index (χ2v) is 7.39. The molecule has 6 heteroatoms. The molecule has 3 aliphatic heterocycles. The monoisotopic (exact) mass is 344 g/mol. The zero-order chi connectivity index (χ0) is 17.6. The van der Waals surface area contributed by atoms with Gasteiger partial charge in [-0.15, -0.1) is 0 Å². The molecule has 4 rings (SSSR count). The molecule has 3 aliphatic rings. The van der Waals surface area contributed by atoms with Crippen molar-refractivity contribution in [2.24, 2.45) is 5.92 Å². The molecule has 0 spiro atoms. The number of rotatable bonds is 4. The van der Waals surface area contributed by atoms with Crippen molar-refractivity contribution < 1.29 is 19.4 Å². The number of piperidine rings is 1. The molecule has 1 amide bonds. The number of benzene rings is 1. The smallest absolute Gasteiger partial charge is 0.307 e. The van der Waals surface area contributed by atoms with E-state index in [2.05, 4.69) is 5.32 Å². The van der Waals surface area contributed by atoms with E-state index < -0.39 is 6.23 Å². The molecular weight excluding hydrogens is 320 g/mol. The Morgan fingerprint density at radius 2 is 2.00 bits per heavy atom. The van der Waals surface area contributed by atoms with Crippen molar-refractivity contribution in [1.82, 2.24) is 10.2 Å². The van der Waals surface area contributed by atoms with Gasteiger partial charge in [0.1, 0.15) is 0 Å². The molecule has 6 nitrogen and oxygen atoms in total. The Morgan fingerprint density at radius 1 is 1.32 bits per heavy atom. The average molecular weight is 344 g/mol. The number of nitrogens with one attached hydrogen (secondary N) is 1. The van der Waals surface area contributed by atoms with Gasteiger partial charge in [0.05, 0.1) is 13.5 Å². The number of amides is 1. The lowest BCUT2D eigenvalue weighted by atomic mass is 9.83. The quantitative estimate of drug-likeness (QED) is 0.811. The van der Waals surface area contributed by atoms with E-state index in [9.17, 15) is 14.7 Å². The molecule has 134 valence electrons. The van der Waals surface area contributed by atoms with Crippen LogP contribution in [-0.2, 0) is 9.53 Å². The summed E-state index contributed by atoms with van der Waals surface area (Å²) < 4.78 is 4.87. The molecule has 0 saturated carbocycles. The maximum absolute atomic E-state index is 12.9. The summed E-state index contributed by atoms with van der Waals surface area (Å²) in [4.78, 5) is 26.5. The minimum atomic E-state index is -0.995. The molecule has 2 saturated heterocycles. The van der Waals surface area contributed by atoms with Crippen LogP contribution in [-0.4, -0.2) is 47.1 Å². The highest BCUT2D eigenvalue weighted by Gasteiger charge is 2.46. The number of nitrogens with zero attached hydrogens (tertiary/aromatic N) is 1. The minimum absolute atomic E-state index is 0.122. The number of aliphatic hydroxyl groups is 1. The predicted molar refractivity (Wildman–Crippen MR) is 90.7 cm³/mol. The van der Waals surface area contributed by atoms with Crippen LogP contribution in [0, 0.1) is 5.92 Å². The summed E-state index contributed by atoms with van der Waals surface area (Å²) >= 11 is 0. The first kappa shape index (κ1) is 16.5. The van der Waals surface area contributed by atoms with E-state index in [4.69, 9.17) is 4.74 Å². The standard InChI is InChI=1S/C19H24N2O4/c1-25-17(22)10-16(11-8-12-6-7-13(9-11)20-12)21-18(23)14-4-2-3-5-15(14)19(21)24/h2-5,11-13,16,18,20,23H,6-10H2,1H3. The van der Waals surface area contributed by atoms with Crippen LogP contribution in [0.4, 0.5) is 0 Å². The van der Waals surface area contributed by atoms with Crippen LogP contribution in [0.3, 0.4) is 0 Å². The van der Waals surface area contributed by atoms with Gasteiger partial charge >= 0.3 is 5.97 Å². The maximum atomic E-state index is 12.9. The Balaban J connectivity index is 1.64. The molecule has 0 aliphatic carbocycles. The Morgan fingerprint density at radius 3 is 2.64 bits per heavy atom. The van der Waals surface area contributed by atoms with Gasteiger partial charge in [-0.3, -0.25) is 9.59 Å². The second-order valence-electron chi connectivity index (χ2n) is 7.39. The van der Waals surface area contributed by atoms with Crippen LogP contribution in [0.1, 0.15) is 54.3 Å². The van der Waals surface area contributed by atoms with Crippen molar-refractivity contribution in [3.63, 3.8) is 0 Å². The van der Waals surface area contributed by atoms with Gasteiger partial charge in [-0.05, 0) is 37.7 Å². The number of hydrogen-bond acceptors (Lipinski definition) is 5. The Kier molecular flexibility index (Phi) is 4.25. The van der Waals surface area contributed by atoms with Crippen molar-refractivity contribution in [1.29, 1.82) is 0 Å². The third-order valence-corrected chi connectivity index (χ3v) is 5.98. The minimum Gasteiger partial charge on any atom is -0.469 e. The van der Waals surface area contributed by atoms with Gasteiger partial charge in [0.15, 0.2) is 6.23 Å². The summed E-state index contributed by atoms with van der Waals surface area (Å²) in [6.07, 6.45) is 3.25. The highest BCUT2D eigenvalue weighted by atomic mass is 16.5. The van der Waals surface area contributed by atoms with E-state index in [0.29, 0.717) is 23.2 Å². The molecule has 0 radical (unpaired) electrons. The lowest BCUT2D eigenvalue weighted by molar-refractivity contribution is -0.143. The number of carbonyl (C=O) groups is 2. The van der Waals surface area contributed by atoms with E-state index >= 15 is 0 Å². The van der Waals surface area contributed by atoms with Crippen LogP contribution < -0.4 is 5.32 Å². The fourth-order valence-electron chi connectivity index (χ4n) is 4.81. The summed E-state index contributed by atoms with van der Waals surface area (Å²) in [6, 6.07) is 7.68. The lowest BCUT2D eigenvalue weighted by Gasteiger charge is -2.40. The fraction of sp³-hybridized carbons (Fsp3) is 0.579. The maximum Gasteiger partial charge on any atom is 0.307 e. The number of fused-ring (bicyclic) bond motifs is 3. The van der Waals surface area contributed by atoms with Gasteiger partial charge < -0.3 is 20.1 Å². The molecular formula is C19H24N2O4. The van der Waals surface area contributed by atoms with Crippen LogP contribution in [0.5, 0.6) is 0 Å².